The molecule has 0 bridgehead atoms. The first-order valence-electron chi connectivity index (χ1n) is 4.35. The van der Waals surface area contributed by atoms with Crippen molar-refractivity contribution in [1.29, 1.82) is 0 Å². The summed E-state index contributed by atoms with van der Waals surface area (Å²) in [5.74, 6) is 0. The largest absolute Gasteiger partial charge is 0.340 e. The zero-order chi connectivity index (χ0) is 11.1. The monoisotopic (exact) mass is 277 g/mol. The van der Waals surface area contributed by atoms with Crippen molar-refractivity contribution in [2.24, 2.45) is 0 Å². The van der Waals surface area contributed by atoms with Crippen LogP contribution in [-0.2, 0) is 4.74 Å². The smallest absolute Gasteiger partial charge is 0.155 e. The van der Waals surface area contributed by atoms with E-state index in [0.29, 0.717) is 0 Å². The Bertz CT molecular complexity index is 345. The Morgan fingerprint density at radius 2 is 1.80 bits per heavy atom. The molecule has 1 saturated heterocycles. The molecule has 0 amide bonds. The molecule has 15 heavy (non-hydrogen) atoms. The topological polar surface area (TPSA) is 12.5 Å². The van der Waals surface area contributed by atoms with Crippen molar-refractivity contribution in [3.63, 3.8) is 0 Å². The summed E-state index contributed by atoms with van der Waals surface area (Å²) in [6.07, 6.45) is -0.271. The van der Waals surface area contributed by atoms with Crippen molar-refractivity contribution in [1.82, 2.24) is 4.31 Å². The highest BCUT2D eigenvalue weighted by Crippen LogP contribution is 2.48. The molecule has 1 fully saturated rings. The number of thiol groups is 4. The van der Waals surface area contributed by atoms with Crippen LogP contribution in [0.1, 0.15) is 11.8 Å². The van der Waals surface area contributed by atoms with E-state index in [-0.39, 0.29) is 6.23 Å². The van der Waals surface area contributed by atoms with Crippen molar-refractivity contribution in [3.8, 4) is 0 Å². The molecule has 6 heteroatoms. The van der Waals surface area contributed by atoms with Crippen molar-refractivity contribution in [2.45, 2.75) is 15.9 Å². The summed E-state index contributed by atoms with van der Waals surface area (Å²) in [5, 5.41) is 0. The molecule has 1 aliphatic rings. The van der Waals surface area contributed by atoms with Gasteiger partial charge in [-0.15, -0.1) is 37.9 Å². The van der Waals surface area contributed by atoms with E-state index in [4.69, 9.17) is 4.74 Å². The van der Waals surface area contributed by atoms with Crippen molar-refractivity contribution in [3.05, 3.63) is 35.9 Å². The van der Waals surface area contributed by atoms with Crippen LogP contribution >= 0.6 is 50.7 Å². The first kappa shape index (κ1) is 12.0. The molecular weight excluding hydrogens is 266 g/mol. The molecule has 1 aromatic rings. The van der Waals surface area contributed by atoms with Gasteiger partial charge in [0, 0.05) is 0 Å². The third kappa shape index (κ3) is 2.16. The average Bonchev–Trinajstić information content (AvgIpc) is 2.44. The first-order chi connectivity index (χ1) is 7.03. The minimum atomic E-state index is -0.785. The Hall–Kier alpha value is 0.540. The lowest BCUT2D eigenvalue weighted by atomic mass is 10.2. The summed E-state index contributed by atoms with van der Waals surface area (Å²) >= 11 is 17.3. The van der Waals surface area contributed by atoms with E-state index in [1.165, 1.54) is 0 Å². The fraction of sp³-hybridized carbons (Fsp3) is 0.333. The Morgan fingerprint density at radius 3 is 2.27 bits per heavy atom. The van der Waals surface area contributed by atoms with E-state index in [1.807, 2.05) is 30.3 Å². The second-order valence-electron chi connectivity index (χ2n) is 3.28. The fourth-order valence-electron chi connectivity index (χ4n) is 1.39. The van der Waals surface area contributed by atoms with E-state index >= 15 is 0 Å². The minimum Gasteiger partial charge on any atom is -0.340 e. The lowest BCUT2D eigenvalue weighted by Gasteiger charge is -2.26. The summed E-state index contributed by atoms with van der Waals surface area (Å²) in [6.45, 7) is 0. The molecule has 0 spiro atoms. The zero-order valence-corrected chi connectivity index (χ0v) is 11.3. The number of hydrogen-bond acceptors (Lipinski definition) is 6. The Balaban J connectivity index is 2.27. The van der Waals surface area contributed by atoms with E-state index in [9.17, 15) is 0 Å². The number of hydrogen-bond donors (Lipinski definition) is 4. The lowest BCUT2D eigenvalue weighted by Crippen LogP contribution is -2.32. The molecule has 82 valence electrons. The second kappa shape index (κ2) is 4.43. The van der Waals surface area contributed by atoms with Crippen LogP contribution in [0.4, 0.5) is 0 Å². The molecule has 0 N–H and O–H groups in total. The average molecular weight is 277 g/mol. The quantitative estimate of drug-likeness (QED) is 0.465. The molecule has 2 atom stereocenters. The van der Waals surface area contributed by atoms with Gasteiger partial charge in [0.05, 0.1) is 0 Å². The number of ether oxygens (including phenoxy) is 1. The summed E-state index contributed by atoms with van der Waals surface area (Å²) in [4.78, 5) is 0. The Kier molecular flexibility index (Phi) is 3.54. The molecular formula is C9H11NOS4. The predicted molar refractivity (Wildman–Crippen MR) is 74.6 cm³/mol. The highest BCUT2D eigenvalue weighted by atomic mass is 32.2. The maximum absolute atomic E-state index is 5.64. The van der Waals surface area contributed by atoms with Crippen LogP contribution in [0.2, 0.25) is 0 Å². The Morgan fingerprint density at radius 1 is 1.20 bits per heavy atom. The molecule has 1 aliphatic heterocycles. The summed E-state index contributed by atoms with van der Waals surface area (Å²) in [7, 11) is 0. The van der Waals surface area contributed by atoms with Gasteiger partial charge in [-0.3, -0.25) is 0 Å². The van der Waals surface area contributed by atoms with Gasteiger partial charge in [0.25, 0.3) is 0 Å². The van der Waals surface area contributed by atoms with Gasteiger partial charge < -0.3 is 4.74 Å². The standard InChI is InChI=1S/C9H11NOS4/c12-8-9(13,14)10(15)7(11-8)6-4-2-1-3-5-6/h1-5,7-8,12-15H. The highest BCUT2D eigenvalue weighted by Gasteiger charge is 2.48. The van der Waals surface area contributed by atoms with Crippen molar-refractivity contribution >= 4 is 50.7 Å². The third-order valence-electron chi connectivity index (χ3n) is 2.23. The molecule has 2 nitrogen and oxygen atoms in total. The van der Waals surface area contributed by atoms with Gasteiger partial charge in [-0.05, 0) is 5.56 Å². The molecule has 1 heterocycles. The molecule has 0 saturated carbocycles. The van der Waals surface area contributed by atoms with Crippen LogP contribution in [-0.4, -0.2) is 13.9 Å². The van der Waals surface area contributed by atoms with E-state index in [1.54, 1.807) is 4.31 Å². The SMILES string of the molecule is SC1OC(c2ccccc2)N(S)C1(S)S. The maximum Gasteiger partial charge on any atom is 0.155 e. The van der Waals surface area contributed by atoms with Crippen LogP contribution in [0.25, 0.3) is 0 Å². The number of nitrogens with zero attached hydrogens (tertiary/aromatic N) is 1. The van der Waals surface area contributed by atoms with Gasteiger partial charge in [-0.2, -0.15) is 4.31 Å². The van der Waals surface area contributed by atoms with Crippen LogP contribution in [0.15, 0.2) is 30.3 Å². The maximum atomic E-state index is 5.64. The van der Waals surface area contributed by atoms with Crippen LogP contribution in [0, 0.1) is 0 Å². The van der Waals surface area contributed by atoms with Crippen LogP contribution in [0.5, 0.6) is 0 Å². The van der Waals surface area contributed by atoms with Gasteiger partial charge in [0.1, 0.15) is 11.7 Å². The highest BCUT2D eigenvalue weighted by molar-refractivity contribution is 8.02. The van der Waals surface area contributed by atoms with Crippen LogP contribution in [0.3, 0.4) is 0 Å². The van der Waals surface area contributed by atoms with Gasteiger partial charge >= 0.3 is 0 Å². The lowest BCUT2D eigenvalue weighted by molar-refractivity contribution is 0.0603. The molecule has 0 aromatic heterocycles. The Labute approximate surface area is 111 Å². The third-order valence-corrected chi connectivity index (χ3v) is 4.88. The molecule has 1 aromatic carbocycles. The number of benzene rings is 1. The number of rotatable bonds is 1. The minimum absolute atomic E-state index is 0.271. The fourth-order valence-corrected chi connectivity index (χ4v) is 2.35. The molecule has 2 rings (SSSR count). The van der Waals surface area contributed by atoms with Gasteiger partial charge in [-0.25, -0.2) is 0 Å². The van der Waals surface area contributed by atoms with Gasteiger partial charge in [-0.1, -0.05) is 43.1 Å². The van der Waals surface area contributed by atoms with Gasteiger partial charge in [0.15, 0.2) is 4.20 Å². The van der Waals surface area contributed by atoms with E-state index < -0.39 is 9.64 Å². The van der Waals surface area contributed by atoms with Gasteiger partial charge in [0.2, 0.25) is 0 Å². The first-order valence-corrected chi connectivity index (χ1v) is 6.16. The van der Waals surface area contributed by atoms with Crippen molar-refractivity contribution in [2.75, 3.05) is 0 Å². The molecule has 0 radical (unpaired) electrons. The van der Waals surface area contributed by atoms with E-state index in [2.05, 4.69) is 50.7 Å². The van der Waals surface area contributed by atoms with E-state index in [0.717, 1.165) is 5.56 Å². The predicted octanol–water partition coefficient (Wildman–Crippen LogP) is 2.63. The molecule has 2 unspecified atom stereocenters. The second-order valence-corrected chi connectivity index (χ2v) is 5.90. The summed E-state index contributed by atoms with van der Waals surface area (Å²) in [5.41, 5.74) is 0.614. The summed E-state index contributed by atoms with van der Waals surface area (Å²) in [6, 6.07) is 9.79. The molecule has 0 aliphatic carbocycles. The summed E-state index contributed by atoms with van der Waals surface area (Å²) < 4.78 is 6.50. The zero-order valence-electron chi connectivity index (χ0n) is 7.69. The van der Waals surface area contributed by atoms with Crippen LogP contribution < -0.4 is 0 Å². The van der Waals surface area contributed by atoms with Crippen molar-refractivity contribution < 1.29 is 4.74 Å². The normalized spacial score (nSPS) is 30.7.